The van der Waals surface area contributed by atoms with Crippen LogP contribution in [0.25, 0.3) is 0 Å². The van der Waals surface area contributed by atoms with Gasteiger partial charge in [0, 0.05) is 18.2 Å². The second-order valence-corrected chi connectivity index (χ2v) is 4.62. The van der Waals surface area contributed by atoms with E-state index in [1.165, 1.54) is 0 Å². The van der Waals surface area contributed by atoms with E-state index in [-0.39, 0.29) is 11.8 Å². The molecule has 96 valence electrons. The summed E-state index contributed by atoms with van der Waals surface area (Å²) in [6, 6.07) is 0.301. The second-order valence-electron chi connectivity index (χ2n) is 4.62. The van der Waals surface area contributed by atoms with Gasteiger partial charge in [-0.3, -0.25) is 9.48 Å². The largest absolute Gasteiger partial charge is 0.330 e. The lowest BCUT2D eigenvalue weighted by Gasteiger charge is -2.10. The Morgan fingerprint density at radius 3 is 2.76 bits per heavy atom. The van der Waals surface area contributed by atoms with E-state index in [4.69, 9.17) is 5.73 Å². The molecule has 0 bridgehead atoms. The van der Waals surface area contributed by atoms with E-state index in [2.05, 4.69) is 10.4 Å². The van der Waals surface area contributed by atoms with Crippen molar-refractivity contribution in [2.45, 2.75) is 39.7 Å². The first-order valence-electron chi connectivity index (χ1n) is 6.09. The van der Waals surface area contributed by atoms with Crippen molar-refractivity contribution < 1.29 is 4.79 Å². The van der Waals surface area contributed by atoms with Crippen molar-refractivity contribution in [1.29, 1.82) is 0 Å². The number of anilines is 1. The van der Waals surface area contributed by atoms with Gasteiger partial charge in [-0.2, -0.15) is 5.10 Å². The average Bonchev–Trinajstić information content (AvgIpc) is 2.74. The summed E-state index contributed by atoms with van der Waals surface area (Å²) in [6.45, 7) is 6.63. The third kappa shape index (κ3) is 4.19. The highest BCUT2D eigenvalue weighted by atomic mass is 16.1. The number of carbonyl (C=O) groups is 1. The number of carbonyl (C=O) groups excluding carboxylic acids is 1. The van der Waals surface area contributed by atoms with Gasteiger partial charge in [0.2, 0.25) is 5.91 Å². The van der Waals surface area contributed by atoms with Crippen molar-refractivity contribution >= 4 is 11.6 Å². The third-order valence-electron chi connectivity index (χ3n) is 2.69. The third-order valence-corrected chi connectivity index (χ3v) is 2.69. The zero-order valence-corrected chi connectivity index (χ0v) is 10.8. The van der Waals surface area contributed by atoms with Crippen molar-refractivity contribution in [3.8, 4) is 0 Å². The quantitative estimate of drug-likeness (QED) is 0.793. The summed E-state index contributed by atoms with van der Waals surface area (Å²) < 4.78 is 1.82. The van der Waals surface area contributed by atoms with Crippen LogP contribution in [0.5, 0.6) is 0 Å². The molecule has 0 fully saturated rings. The van der Waals surface area contributed by atoms with Crippen LogP contribution in [0.4, 0.5) is 5.69 Å². The Balaban J connectivity index is 2.49. The van der Waals surface area contributed by atoms with Gasteiger partial charge in [-0.25, -0.2) is 0 Å². The predicted octanol–water partition coefficient (Wildman–Crippen LogP) is 1.78. The van der Waals surface area contributed by atoms with Crippen LogP contribution in [-0.2, 0) is 4.79 Å². The van der Waals surface area contributed by atoms with Crippen LogP contribution >= 0.6 is 0 Å². The van der Waals surface area contributed by atoms with Crippen LogP contribution in [0.15, 0.2) is 12.4 Å². The number of hydrogen-bond acceptors (Lipinski definition) is 3. The summed E-state index contributed by atoms with van der Waals surface area (Å²) in [5, 5.41) is 7.03. The van der Waals surface area contributed by atoms with Crippen LogP contribution in [0, 0.1) is 5.92 Å². The molecule has 1 heterocycles. The first-order chi connectivity index (χ1) is 8.04. The molecule has 17 heavy (non-hydrogen) atoms. The fourth-order valence-corrected chi connectivity index (χ4v) is 1.51. The summed E-state index contributed by atoms with van der Waals surface area (Å²) in [6.07, 6.45) is 5.21. The van der Waals surface area contributed by atoms with E-state index in [1.807, 2.05) is 31.6 Å². The van der Waals surface area contributed by atoms with Crippen molar-refractivity contribution in [3.05, 3.63) is 12.4 Å². The van der Waals surface area contributed by atoms with Crippen molar-refractivity contribution in [2.75, 3.05) is 11.9 Å². The Labute approximate surface area is 102 Å². The molecule has 1 aromatic heterocycles. The van der Waals surface area contributed by atoms with Gasteiger partial charge in [-0.1, -0.05) is 6.92 Å². The lowest BCUT2D eigenvalue weighted by molar-refractivity contribution is -0.119. The molecule has 0 saturated heterocycles. The summed E-state index contributed by atoms with van der Waals surface area (Å²) in [5.74, 6) is 0.0164. The van der Waals surface area contributed by atoms with Crippen LogP contribution in [0.1, 0.15) is 39.7 Å². The molecule has 5 nitrogen and oxygen atoms in total. The van der Waals surface area contributed by atoms with E-state index < -0.39 is 0 Å². The lowest BCUT2D eigenvalue weighted by atomic mass is 10.1. The van der Waals surface area contributed by atoms with Crippen LogP contribution in [0.2, 0.25) is 0 Å². The molecule has 0 saturated carbocycles. The first kappa shape index (κ1) is 13.7. The highest BCUT2D eigenvalue weighted by Crippen LogP contribution is 2.13. The summed E-state index contributed by atoms with van der Waals surface area (Å²) >= 11 is 0. The van der Waals surface area contributed by atoms with Gasteiger partial charge >= 0.3 is 0 Å². The van der Waals surface area contributed by atoms with Gasteiger partial charge in [0.25, 0.3) is 0 Å². The van der Waals surface area contributed by atoms with Gasteiger partial charge in [0.1, 0.15) is 0 Å². The second kappa shape index (κ2) is 6.39. The highest BCUT2D eigenvalue weighted by molar-refractivity contribution is 5.91. The zero-order chi connectivity index (χ0) is 12.8. The first-order valence-corrected chi connectivity index (χ1v) is 6.09. The van der Waals surface area contributed by atoms with Crippen molar-refractivity contribution in [3.63, 3.8) is 0 Å². The van der Waals surface area contributed by atoms with Crippen molar-refractivity contribution in [1.82, 2.24) is 9.78 Å². The van der Waals surface area contributed by atoms with Crippen LogP contribution in [0.3, 0.4) is 0 Å². The highest BCUT2D eigenvalue weighted by Gasteiger charge is 2.13. The number of aromatic nitrogens is 2. The van der Waals surface area contributed by atoms with E-state index >= 15 is 0 Å². The van der Waals surface area contributed by atoms with Crippen LogP contribution in [-0.4, -0.2) is 22.2 Å². The number of nitrogens with zero attached hydrogens (tertiary/aromatic N) is 2. The monoisotopic (exact) mass is 238 g/mol. The van der Waals surface area contributed by atoms with E-state index in [9.17, 15) is 4.79 Å². The summed E-state index contributed by atoms with van der Waals surface area (Å²) in [7, 11) is 0. The fraction of sp³-hybridized carbons (Fsp3) is 0.667. The topological polar surface area (TPSA) is 72.9 Å². The number of nitrogens with two attached hydrogens (primary N) is 1. The van der Waals surface area contributed by atoms with Gasteiger partial charge in [-0.15, -0.1) is 0 Å². The number of hydrogen-bond donors (Lipinski definition) is 2. The number of rotatable bonds is 6. The molecule has 1 amide bonds. The molecule has 1 atom stereocenters. The van der Waals surface area contributed by atoms with Crippen LogP contribution < -0.4 is 11.1 Å². The molecule has 0 aliphatic heterocycles. The molecule has 5 heteroatoms. The molecule has 3 N–H and O–H groups in total. The Morgan fingerprint density at radius 1 is 1.53 bits per heavy atom. The lowest BCUT2D eigenvalue weighted by Crippen LogP contribution is -2.20. The minimum Gasteiger partial charge on any atom is -0.330 e. The summed E-state index contributed by atoms with van der Waals surface area (Å²) in [4.78, 5) is 11.8. The smallest absolute Gasteiger partial charge is 0.227 e. The minimum absolute atomic E-state index is 0.0130. The Hall–Kier alpha value is -1.36. The molecule has 1 unspecified atom stereocenters. The molecule has 0 aliphatic rings. The predicted molar refractivity (Wildman–Crippen MR) is 68.7 cm³/mol. The molecule has 1 aromatic rings. The van der Waals surface area contributed by atoms with Gasteiger partial charge in [0.05, 0.1) is 11.9 Å². The molecule has 0 spiro atoms. The van der Waals surface area contributed by atoms with Gasteiger partial charge < -0.3 is 11.1 Å². The minimum atomic E-state index is -0.0130. The summed E-state index contributed by atoms with van der Waals surface area (Å²) in [5.41, 5.74) is 6.17. The average molecular weight is 238 g/mol. The molecule has 0 aromatic carbocycles. The molecule has 1 rings (SSSR count). The van der Waals surface area contributed by atoms with E-state index in [0.29, 0.717) is 12.6 Å². The Morgan fingerprint density at radius 2 is 2.24 bits per heavy atom. The maximum atomic E-state index is 11.8. The van der Waals surface area contributed by atoms with Gasteiger partial charge in [0.15, 0.2) is 0 Å². The normalized spacial score (nSPS) is 12.8. The Bertz CT molecular complexity index is 359. The van der Waals surface area contributed by atoms with E-state index in [1.54, 1.807) is 6.20 Å². The molecular weight excluding hydrogens is 216 g/mol. The molecular formula is C12H22N4O. The molecule has 0 radical (unpaired) electrons. The number of nitrogens with one attached hydrogen (secondary N) is 1. The maximum Gasteiger partial charge on any atom is 0.227 e. The zero-order valence-electron chi connectivity index (χ0n) is 10.8. The number of amides is 1. The standard InChI is InChI=1S/C12H22N4O/c1-9(2)16-8-11(7-14-16)15-12(17)10(3)5-4-6-13/h7-10H,4-6,13H2,1-3H3,(H,15,17). The van der Waals surface area contributed by atoms with Gasteiger partial charge in [-0.05, 0) is 33.2 Å². The Kier molecular flexibility index (Phi) is 5.15. The van der Waals surface area contributed by atoms with E-state index in [0.717, 1.165) is 18.5 Å². The van der Waals surface area contributed by atoms with Crippen molar-refractivity contribution in [2.24, 2.45) is 11.7 Å². The fourth-order valence-electron chi connectivity index (χ4n) is 1.51. The maximum absolute atomic E-state index is 11.8. The molecule has 0 aliphatic carbocycles. The SMILES string of the molecule is CC(CCCN)C(=O)Nc1cnn(C(C)C)c1.